The molecule has 1 amide bonds. The van der Waals surface area contributed by atoms with Crippen molar-refractivity contribution in [2.75, 3.05) is 6.54 Å². The van der Waals surface area contributed by atoms with Gasteiger partial charge in [-0.3, -0.25) is 0 Å². The molecule has 0 saturated carbocycles. The first-order chi connectivity index (χ1) is 10.5. The third-order valence-corrected chi connectivity index (χ3v) is 2.80. The first-order valence-electron chi connectivity index (χ1n) is 7.25. The van der Waals surface area contributed by atoms with Crippen molar-refractivity contribution >= 4 is 16.9 Å². The van der Waals surface area contributed by atoms with Gasteiger partial charge in [0.2, 0.25) is 0 Å². The number of ether oxygens (including phenoxy) is 1. The minimum absolute atomic E-state index is 0.419. The van der Waals surface area contributed by atoms with Crippen LogP contribution in [-0.4, -0.2) is 23.2 Å². The van der Waals surface area contributed by atoms with E-state index in [2.05, 4.69) is 22.1 Å². The maximum absolute atomic E-state index is 11.5. The van der Waals surface area contributed by atoms with Crippen LogP contribution in [-0.2, 0) is 4.74 Å². The molecule has 0 radical (unpaired) electrons. The van der Waals surface area contributed by atoms with Crippen LogP contribution >= 0.6 is 0 Å². The van der Waals surface area contributed by atoms with Crippen LogP contribution in [0.4, 0.5) is 4.79 Å². The van der Waals surface area contributed by atoms with Crippen LogP contribution in [0.25, 0.3) is 10.8 Å². The van der Waals surface area contributed by atoms with Crippen molar-refractivity contribution in [1.29, 1.82) is 0 Å². The molecule has 1 aromatic carbocycles. The average Bonchev–Trinajstić information content (AvgIpc) is 2.45. The zero-order valence-electron chi connectivity index (χ0n) is 13.1. The van der Waals surface area contributed by atoms with Gasteiger partial charge in [-0.15, -0.1) is 0 Å². The molecule has 4 nitrogen and oxygen atoms in total. The van der Waals surface area contributed by atoms with E-state index in [-0.39, 0.29) is 0 Å². The SMILES string of the molecule is CC(C)(C)OC(=O)NCCC#Cc1nccc2ccccc12. The molecular weight excluding hydrogens is 276 g/mol. The molecule has 0 aliphatic heterocycles. The maximum atomic E-state index is 11.5. The average molecular weight is 296 g/mol. The van der Waals surface area contributed by atoms with E-state index in [1.807, 2.05) is 51.1 Å². The summed E-state index contributed by atoms with van der Waals surface area (Å²) in [5.41, 5.74) is 0.276. The summed E-state index contributed by atoms with van der Waals surface area (Å²) in [4.78, 5) is 15.8. The lowest BCUT2D eigenvalue weighted by atomic mass is 10.1. The van der Waals surface area contributed by atoms with Crippen LogP contribution in [0.15, 0.2) is 36.5 Å². The predicted octanol–water partition coefficient (Wildman–Crippen LogP) is 3.50. The van der Waals surface area contributed by atoms with Crippen molar-refractivity contribution in [3.05, 3.63) is 42.2 Å². The molecule has 2 aromatic rings. The van der Waals surface area contributed by atoms with Gasteiger partial charge < -0.3 is 10.1 Å². The molecule has 0 fully saturated rings. The number of carbonyl (C=O) groups is 1. The summed E-state index contributed by atoms with van der Waals surface area (Å²) < 4.78 is 5.15. The highest BCUT2D eigenvalue weighted by Crippen LogP contribution is 2.15. The molecule has 0 atom stereocenters. The second-order valence-electron chi connectivity index (χ2n) is 5.86. The number of nitrogens with one attached hydrogen (secondary N) is 1. The zero-order valence-corrected chi connectivity index (χ0v) is 13.1. The summed E-state index contributed by atoms with van der Waals surface area (Å²) in [7, 11) is 0. The van der Waals surface area contributed by atoms with Crippen LogP contribution < -0.4 is 5.32 Å². The van der Waals surface area contributed by atoms with Crippen molar-refractivity contribution in [3.63, 3.8) is 0 Å². The number of aromatic nitrogens is 1. The van der Waals surface area contributed by atoms with Gasteiger partial charge in [-0.05, 0) is 38.1 Å². The van der Waals surface area contributed by atoms with Gasteiger partial charge in [0.05, 0.1) is 0 Å². The summed E-state index contributed by atoms with van der Waals surface area (Å²) in [6, 6.07) is 9.96. The maximum Gasteiger partial charge on any atom is 0.407 e. The van der Waals surface area contributed by atoms with E-state index in [0.29, 0.717) is 13.0 Å². The minimum Gasteiger partial charge on any atom is -0.444 e. The number of amides is 1. The van der Waals surface area contributed by atoms with E-state index in [4.69, 9.17) is 4.74 Å². The number of hydrogen-bond acceptors (Lipinski definition) is 3. The number of fused-ring (bicyclic) bond motifs is 1. The third-order valence-electron chi connectivity index (χ3n) is 2.80. The van der Waals surface area contributed by atoms with Crippen molar-refractivity contribution in [3.8, 4) is 11.8 Å². The highest BCUT2D eigenvalue weighted by atomic mass is 16.6. The first-order valence-corrected chi connectivity index (χ1v) is 7.25. The number of benzene rings is 1. The number of alkyl carbamates (subject to hydrolysis) is 1. The number of pyridine rings is 1. The van der Waals surface area contributed by atoms with Gasteiger partial charge in [-0.1, -0.05) is 30.2 Å². The summed E-state index contributed by atoms with van der Waals surface area (Å²) >= 11 is 0. The normalized spacial score (nSPS) is 10.7. The Bertz CT molecular complexity index is 716. The quantitative estimate of drug-likeness (QED) is 0.681. The molecule has 4 heteroatoms. The highest BCUT2D eigenvalue weighted by Gasteiger charge is 2.15. The van der Waals surface area contributed by atoms with Gasteiger partial charge >= 0.3 is 6.09 Å². The van der Waals surface area contributed by atoms with Crippen LogP contribution in [0, 0.1) is 11.8 Å². The van der Waals surface area contributed by atoms with Gasteiger partial charge in [0.25, 0.3) is 0 Å². The Morgan fingerprint density at radius 2 is 2.05 bits per heavy atom. The van der Waals surface area contributed by atoms with Crippen LogP contribution in [0.1, 0.15) is 32.9 Å². The molecule has 0 unspecified atom stereocenters. The monoisotopic (exact) mass is 296 g/mol. The third kappa shape index (κ3) is 4.78. The smallest absolute Gasteiger partial charge is 0.407 e. The van der Waals surface area contributed by atoms with Gasteiger partial charge in [0, 0.05) is 24.5 Å². The summed E-state index contributed by atoms with van der Waals surface area (Å²) in [5, 5.41) is 4.84. The Morgan fingerprint density at radius 1 is 1.27 bits per heavy atom. The number of carbonyl (C=O) groups excluding carboxylic acids is 1. The van der Waals surface area contributed by atoms with E-state index in [9.17, 15) is 4.79 Å². The zero-order chi connectivity index (χ0) is 16.0. The molecule has 0 spiro atoms. The molecule has 22 heavy (non-hydrogen) atoms. The van der Waals surface area contributed by atoms with Crippen molar-refractivity contribution in [2.45, 2.75) is 32.8 Å². The van der Waals surface area contributed by atoms with Crippen molar-refractivity contribution in [2.24, 2.45) is 0 Å². The molecule has 0 aliphatic rings. The molecule has 2 rings (SSSR count). The molecule has 0 bridgehead atoms. The fraction of sp³-hybridized carbons (Fsp3) is 0.333. The van der Waals surface area contributed by atoms with Gasteiger partial charge in [0.1, 0.15) is 11.3 Å². The molecule has 0 aliphatic carbocycles. The van der Waals surface area contributed by atoms with Crippen LogP contribution in [0.2, 0.25) is 0 Å². The Kier molecular flexibility index (Phi) is 5.00. The standard InChI is InChI=1S/C18H20N2O2/c1-18(2,3)22-17(21)20-12-7-6-10-16-15-9-5-4-8-14(15)11-13-19-16/h4-5,8-9,11,13H,7,12H2,1-3H3,(H,20,21). The fourth-order valence-electron chi connectivity index (χ4n) is 1.91. The lowest BCUT2D eigenvalue weighted by molar-refractivity contribution is 0.0529. The van der Waals surface area contributed by atoms with E-state index < -0.39 is 11.7 Å². The number of rotatable bonds is 2. The van der Waals surface area contributed by atoms with E-state index in [0.717, 1.165) is 16.5 Å². The predicted molar refractivity (Wildman–Crippen MR) is 87.5 cm³/mol. The molecule has 1 heterocycles. The van der Waals surface area contributed by atoms with E-state index >= 15 is 0 Å². The summed E-state index contributed by atoms with van der Waals surface area (Å²) in [6.45, 7) is 5.95. The van der Waals surface area contributed by atoms with Gasteiger partial charge in [-0.25, -0.2) is 9.78 Å². The number of nitrogens with zero attached hydrogens (tertiary/aromatic N) is 1. The summed E-state index contributed by atoms with van der Waals surface area (Å²) in [5.74, 6) is 6.09. The van der Waals surface area contributed by atoms with Gasteiger partial charge in [-0.2, -0.15) is 0 Å². The van der Waals surface area contributed by atoms with Crippen LogP contribution in [0.3, 0.4) is 0 Å². The fourth-order valence-corrected chi connectivity index (χ4v) is 1.91. The lowest BCUT2D eigenvalue weighted by Gasteiger charge is -2.19. The Labute approximate surface area is 130 Å². The Hall–Kier alpha value is -2.54. The second kappa shape index (κ2) is 6.95. The van der Waals surface area contributed by atoms with Crippen LogP contribution in [0.5, 0.6) is 0 Å². The van der Waals surface area contributed by atoms with Crippen molar-refractivity contribution < 1.29 is 9.53 Å². The lowest BCUT2D eigenvalue weighted by Crippen LogP contribution is -2.32. The number of hydrogen-bond donors (Lipinski definition) is 1. The van der Waals surface area contributed by atoms with E-state index in [1.165, 1.54) is 0 Å². The highest BCUT2D eigenvalue weighted by molar-refractivity contribution is 5.86. The Balaban J connectivity index is 1.90. The van der Waals surface area contributed by atoms with E-state index in [1.54, 1.807) is 6.20 Å². The molecule has 1 aromatic heterocycles. The van der Waals surface area contributed by atoms with Gasteiger partial charge in [0.15, 0.2) is 0 Å². The minimum atomic E-state index is -0.483. The molecule has 114 valence electrons. The largest absolute Gasteiger partial charge is 0.444 e. The molecular formula is C18H20N2O2. The molecule has 0 saturated heterocycles. The van der Waals surface area contributed by atoms with Crippen molar-refractivity contribution in [1.82, 2.24) is 10.3 Å². The topological polar surface area (TPSA) is 51.2 Å². The molecule has 1 N–H and O–H groups in total. The first kappa shape index (κ1) is 15.8. The Morgan fingerprint density at radius 3 is 2.82 bits per heavy atom. The summed E-state index contributed by atoms with van der Waals surface area (Å²) in [6.07, 6.45) is 1.88. The second-order valence-corrected chi connectivity index (χ2v) is 5.86.